The molecule has 1 unspecified atom stereocenters. The van der Waals surface area contributed by atoms with E-state index in [0.717, 1.165) is 11.5 Å². The largest absolute Gasteiger partial charge is 0.495 e. The van der Waals surface area contributed by atoms with Gasteiger partial charge in [-0.2, -0.15) is 0 Å². The smallest absolute Gasteiger partial charge is 0.328 e. The van der Waals surface area contributed by atoms with E-state index in [0.29, 0.717) is 10.6 Å². The van der Waals surface area contributed by atoms with Crippen molar-refractivity contribution in [3.8, 4) is 5.75 Å². The van der Waals surface area contributed by atoms with Crippen molar-refractivity contribution in [1.82, 2.24) is 0 Å². The Hall–Kier alpha value is -1.62. The molecule has 0 saturated heterocycles. The van der Waals surface area contributed by atoms with Gasteiger partial charge in [-0.25, -0.2) is 9.00 Å². The summed E-state index contributed by atoms with van der Waals surface area (Å²) in [6, 6.07) is 6.76. The monoisotopic (exact) mass is 226 g/mol. The maximum absolute atomic E-state index is 11.6. The first-order valence-electron chi connectivity index (χ1n) is 4.10. The van der Waals surface area contributed by atoms with Crippen molar-refractivity contribution in [3.63, 3.8) is 0 Å². The fourth-order valence-electron chi connectivity index (χ4n) is 0.978. The highest BCUT2D eigenvalue weighted by atomic mass is 32.2. The molecule has 1 rings (SSSR count). The standard InChI is InChI=1S/C10H10O4S/c1-14-8-4-2-3-5-9(8)15(13)7-6-10(11)12/h2-7H,1H3,(H,11,12)/b7-6+. The van der Waals surface area contributed by atoms with Gasteiger partial charge in [0.25, 0.3) is 0 Å². The summed E-state index contributed by atoms with van der Waals surface area (Å²) >= 11 is 0. The van der Waals surface area contributed by atoms with Crippen LogP contribution in [0.5, 0.6) is 5.75 Å². The minimum Gasteiger partial charge on any atom is -0.495 e. The van der Waals surface area contributed by atoms with Crippen molar-refractivity contribution < 1.29 is 18.8 Å². The van der Waals surface area contributed by atoms with Gasteiger partial charge in [-0.05, 0) is 12.1 Å². The molecule has 0 bridgehead atoms. The molecule has 80 valence electrons. The summed E-state index contributed by atoms with van der Waals surface area (Å²) in [5.41, 5.74) is 0. The molecule has 0 aliphatic rings. The Kier molecular flexibility index (Phi) is 4.05. The van der Waals surface area contributed by atoms with Crippen LogP contribution in [0.1, 0.15) is 0 Å². The number of carboxylic acid groups (broad SMARTS) is 1. The van der Waals surface area contributed by atoms with Crippen LogP contribution >= 0.6 is 0 Å². The van der Waals surface area contributed by atoms with E-state index in [1.807, 2.05) is 0 Å². The van der Waals surface area contributed by atoms with E-state index in [1.165, 1.54) is 7.11 Å². The van der Waals surface area contributed by atoms with Crippen LogP contribution in [-0.2, 0) is 15.6 Å². The first kappa shape index (κ1) is 11.5. The summed E-state index contributed by atoms with van der Waals surface area (Å²) in [7, 11) is -0.0326. The summed E-state index contributed by atoms with van der Waals surface area (Å²) < 4.78 is 16.6. The van der Waals surface area contributed by atoms with E-state index in [1.54, 1.807) is 24.3 Å². The molecule has 0 saturated carbocycles. The minimum absolute atomic E-state index is 0.456. The van der Waals surface area contributed by atoms with Crippen LogP contribution in [0.2, 0.25) is 0 Å². The lowest BCUT2D eigenvalue weighted by molar-refractivity contribution is -0.131. The Labute approximate surface area is 89.6 Å². The molecule has 1 N–H and O–H groups in total. The number of benzene rings is 1. The number of carboxylic acids is 1. The summed E-state index contributed by atoms with van der Waals surface area (Å²) in [5, 5.41) is 9.49. The number of hydrogen-bond acceptors (Lipinski definition) is 3. The Morgan fingerprint density at radius 3 is 2.73 bits per heavy atom. The summed E-state index contributed by atoms with van der Waals surface area (Å²) in [6.45, 7) is 0. The summed E-state index contributed by atoms with van der Waals surface area (Å²) in [4.78, 5) is 10.7. The highest BCUT2D eigenvalue weighted by Crippen LogP contribution is 2.21. The van der Waals surface area contributed by atoms with Crippen LogP contribution in [0.25, 0.3) is 0 Å². The van der Waals surface area contributed by atoms with Gasteiger partial charge in [0.2, 0.25) is 0 Å². The molecule has 0 fully saturated rings. The average molecular weight is 226 g/mol. The van der Waals surface area contributed by atoms with Gasteiger partial charge in [0.15, 0.2) is 0 Å². The number of ether oxygens (including phenoxy) is 1. The molecule has 0 aromatic heterocycles. The second-order valence-electron chi connectivity index (χ2n) is 2.59. The van der Waals surface area contributed by atoms with Crippen molar-refractivity contribution in [2.24, 2.45) is 0 Å². The van der Waals surface area contributed by atoms with Crippen LogP contribution in [0, 0.1) is 0 Å². The molecule has 0 amide bonds. The van der Waals surface area contributed by atoms with Gasteiger partial charge in [0, 0.05) is 11.5 Å². The van der Waals surface area contributed by atoms with Gasteiger partial charge in [-0.1, -0.05) is 12.1 Å². The zero-order valence-corrected chi connectivity index (χ0v) is 8.86. The maximum atomic E-state index is 11.6. The lowest BCUT2D eigenvalue weighted by Crippen LogP contribution is -1.94. The third-order valence-electron chi connectivity index (χ3n) is 1.62. The highest BCUT2D eigenvalue weighted by Gasteiger charge is 2.06. The van der Waals surface area contributed by atoms with Gasteiger partial charge in [0.1, 0.15) is 5.75 Å². The molecule has 0 spiro atoms. The number of hydrogen-bond donors (Lipinski definition) is 1. The van der Waals surface area contributed by atoms with E-state index >= 15 is 0 Å². The minimum atomic E-state index is -1.50. The molecule has 1 aromatic carbocycles. The molecule has 0 heterocycles. The first-order valence-corrected chi connectivity index (χ1v) is 5.31. The zero-order valence-electron chi connectivity index (χ0n) is 8.04. The zero-order chi connectivity index (χ0) is 11.3. The predicted octanol–water partition coefficient (Wildman–Crippen LogP) is 1.40. The number of para-hydroxylation sites is 1. The van der Waals surface area contributed by atoms with Crippen molar-refractivity contribution in [1.29, 1.82) is 0 Å². The second kappa shape index (κ2) is 5.31. The van der Waals surface area contributed by atoms with Crippen molar-refractivity contribution >= 4 is 16.8 Å². The molecule has 0 aliphatic carbocycles. The van der Waals surface area contributed by atoms with Gasteiger partial charge in [-0.3, -0.25) is 0 Å². The van der Waals surface area contributed by atoms with Crippen LogP contribution in [0.3, 0.4) is 0 Å². The van der Waals surface area contributed by atoms with Gasteiger partial charge < -0.3 is 9.84 Å². The van der Waals surface area contributed by atoms with E-state index in [-0.39, 0.29) is 0 Å². The molecule has 0 aliphatic heterocycles. The van der Waals surface area contributed by atoms with E-state index in [2.05, 4.69) is 0 Å². The van der Waals surface area contributed by atoms with Crippen LogP contribution < -0.4 is 4.74 Å². The van der Waals surface area contributed by atoms with Crippen molar-refractivity contribution in [2.75, 3.05) is 7.11 Å². The van der Waals surface area contributed by atoms with Crippen LogP contribution in [-0.4, -0.2) is 22.4 Å². The Bertz CT molecular complexity index is 412. The number of rotatable bonds is 4. The SMILES string of the molecule is COc1ccccc1S(=O)/C=C/C(=O)O. The first-order chi connectivity index (χ1) is 7.15. The van der Waals surface area contributed by atoms with Crippen molar-refractivity contribution in [2.45, 2.75) is 4.90 Å². The number of carbonyl (C=O) groups is 1. The summed E-state index contributed by atoms with van der Waals surface area (Å²) in [6.07, 6.45) is 0.850. The molecule has 4 nitrogen and oxygen atoms in total. The molecular formula is C10H10O4S. The van der Waals surface area contributed by atoms with E-state index in [4.69, 9.17) is 9.84 Å². The van der Waals surface area contributed by atoms with Crippen LogP contribution in [0.4, 0.5) is 0 Å². The molecular weight excluding hydrogens is 216 g/mol. The van der Waals surface area contributed by atoms with E-state index in [9.17, 15) is 9.00 Å². The average Bonchev–Trinajstić information content (AvgIpc) is 2.25. The normalized spacial score (nSPS) is 12.6. The molecule has 1 atom stereocenters. The summed E-state index contributed by atoms with van der Waals surface area (Å²) in [5.74, 6) is -0.649. The molecule has 0 radical (unpaired) electrons. The van der Waals surface area contributed by atoms with Crippen LogP contribution in [0.15, 0.2) is 40.6 Å². The molecule has 1 aromatic rings. The van der Waals surface area contributed by atoms with Gasteiger partial charge in [-0.15, -0.1) is 0 Å². The quantitative estimate of drug-likeness (QED) is 0.788. The molecule has 5 heteroatoms. The third kappa shape index (κ3) is 3.21. The van der Waals surface area contributed by atoms with Crippen molar-refractivity contribution in [3.05, 3.63) is 35.7 Å². The fourth-order valence-corrected chi connectivity index (χ4v) is 1.93. The Morgan fingerprint density at radius 1 is 1.47 bits per heavy atom. The number of methoxy groups -OCH3 is 1. The fraction of sp³-hybridized carbons (Fsp3) is 0.100. The predicted molar refractivity (Wildman–Crippen MR) is 56.2 cm³/mol. The second-order valence-corrected chi connectivity index (χ2v) is 3.90. The van der Waals surface area contributed by atoms with E-state index < -0.39 is 16.8 Å². The highest BCUT2D eigenvalue weighted by molar-refractivity contribution is 7.88. The topological polar surface area (TPSA) is 63.6 Å². The number of aliphatic carboxylic acids is 1. The van der Waals surface area contributed by atoms with Gasteiger partial charge >= 0.3 is 5.97 Å². The lowest BCUT2D eigenvalue weighted by Gasteiger charge is -2.04. The Morgan fingerprint density at radius 2 is 2.13 bits per heavy atom. The lowest BCUT2D eigenvalue weighted by atomic mass is 10.3. The third-order valence-corrected chi connectivity index (χ3v) is 2.77. The van der Waals surface area contributed by atoms with Gasteiger partial charge in [0.05, 0.1) is 22.8 Å². The Balaban J connectivity index is 2.95. The maximum Gasteiger partial charge on any atom is 0.328 e. The molecule has 15 heavy (non-hydrogen) atoms.